The topological polar surface area (TPSA) is 69.6 Å². The molecular weight excluding hydrogens is 373 g/mol. The molecule has 1 amide bonds. The standard InChI is InChI=1S/C17H22FN5O3S/c1-3-22-7-6-21(11-20-22)15-5-4-12(8-14(15)18)23-10-13(26-17(23)24)9-19-16(27)25-2/h4-5,8,11,13H,3,6-7,9-10H2,1-2H3,(H,19,27). The van der Waals surface area contributed by atoms with Crippen molar-refractivity contribution in [1.29, 1.82) is 0 Å². The molecule has 0 bridgehead atoms. The second kappa shape index (κ2) is 8.38. The van der Waals surface area contributed by atoms with Gasteiger partial charge in [-0.15, -0.1) is 0 Å². The van der Waals surface area contributed by atoms with Crippen LogP contribution in [0.25, 0.3) is 0 Å². The minimum Gasteiger partial charge on any atom is -0.474 e. The Labute approximate surface area is 162 Å². The highest BCUT2D eigenvalue weighted by atomic mass is 32.1. The maximum Gasteiger partial charge on any atom is 0.414 e. The first-order valence-electron chi connectivity index (χ1n) is 8.67. The van der Waals surface area contributed by atoms with E-state index in [2.05, 4.69) is 10.4 Å². The molecule has 2 heterocycles. The Morgan fingerprint density at radius 2 is 2.30 bits per heavy atom. The first-order valence-corrected chi connectivity index (χ1v) is 9.07. The van der Waals surface area contributed by atoms with E-state index in [0.717, 1.165) is 13.1 Å². The monoisotopic (exact) mass is 395 g/mol. The average Bonchev–Trinajstić information content (AvgIpc) is 3.06. The van der Waals surface area contributed by atoms with Crippen molar-refractivity contribution >= 4 is 41.2 Å². The van der Waals surface area contributed by atoms with Crippen molar-refractivity contribution < 1.29 is 18.7 Å². The number of carbonyl (C=O) groups excluding carboxylic acids is 1. The van der Waals surface area contributed by atoms with E-state index in [4.69, 9.17) is 21.7 Å². The molecule has 1 atom stereocenters. The first-order chi connectivity index (χ1) is 13.0. The fourth-order valence-corrected chi connectivity index (χ4v) is 2.98. The predicted octanol–water partition coefficient (Wildman–Crippen LogP) is 1.76. The first kappa shape index (κ1) is 19.2. The number of anilines is 2. The summed E-state index contributed by atoms with van der Waals surface area (Å²) in [5, 5.41) is 9.25. The third kappa shape index (κ3) is 4.38. The van der Waals surface area contributed by atoms with Gasteiger partial charge in [-0.05, 0) is 37.3 Å². The summed E-state index contributed by atoms with van der Waals surface area (Å²) in [6.45, 7) is 4.83. The molecule has 2 aliphatic rings. The number of hydrazone groups is 1. The number of halogens is 1. The van der Waals surface area contributed by atoms with Crippen LogP contribution in [0.3, 0.4) is 0 Å². The van der Waals surface area contributed by atoms with Gasteiger partial charge < -0.3 is 19.7 Å². The fourth-order valence-electron chi connectivity index (χ4n) is 2.90. The minimum atomic E-state index is -0.518. The van der Waals surface area contributed by atoms with Crippen molar-refractivity contribution in [2.45, 2.75) is 13.0 Å². The lowest BCUT2D eigenvalue weighted by molar-refractivity contribution is 0.142. The smallest absolute Gasteiger partial charge is 0.414 e. The zero-order valence-corrected chi connectivity index (χ0v) is 16.0. The van der Waals surface area contributed by atoms with E-state index in [0.29, 0.717) is 31.0 Å². The lowest BCUT2D eigenvalue weighted by Crippen LogP contribution is -2.38. The third-order valence-electron chi connectivity index (χ3n) is 4.40. The Balaban J connectivity index is 1.67. The normalized spacial score (nSPS) is 19.3. The van der Waals surface area contributed by atoms with Gasteiger partial charge in [0.05, 0.1) is 38.1 Å². The van der Waals surface area contributed by atoms with Crippen LogP contribution >= 0.6 is 12.2 Å². The zero-order chi connectivity index (χ0) is 19.4. The number of nitrogens with zero attached hydrogens (tertiary/aromatic N) is 4. The highest BCUT2D eigenvalue weighted by molar-refractivity contribution is 7.80. The number of hydrogen-bond acceptors (Lipinski definition) is 7. The largest absolute Gasteiger partial charge is 0.474 e. The van der Waals surface area contributed by atoms with Gasteiger partial charge in [-0.2, -0.15) is 5.10 Å². The minimum absolute atomic E-state index is 0.227. The highest BCUT2D eigenvalue weighted by Gasteiger charge is 2.33. The van der Waals surface area contributed by atoms with E-state index in [1.165, 1.54) is 18.1 Å². The number of amides is 1. The Morgan fingerprint density at radius 3 is 2.93 bits per heavy atom. The Hall–Kier alpha value is -2.62. The second-order valence-corrected chi connectivity index (χ2v) is 6.47. The number of likely N-dealkylation sites (N-methyl/N-ethyl adjacent to an activating group) is 1. The van der Waals surface area contributed by atoms with Gasteiger partial charge in [0.1, 0.15) is 18.3 Å². The molecule has 1 aromatic rings. The summed E-state index contributed by atoms with van der Waals surface area (Å²) in [4.78, 5) is 15.3. The number of rotatable bonds is 5. The Bertz CT molecular complexity index is 747. The number of carbonyl (C=O) groups is 1. The van der Waals surface area contributed by atoms with E-state index >= 15 is 0 Å². The molecule has 10 heteroatoms. The van der Waals surface area contributed by atoms with Gasteiger partial charge >= 0.3 is 6.09 Å². The molecule has 3 rings (SSSR count). The number of hydrogen-bond donors (Lipinski definition) is 1. The van der Waals surface area contributed by atoms with E-state index in [-0.39, 0.29) is 5.17 Å². The van der Waals surface area contributed by atoms with E-state index < -0.39 is 18.0 Å². The van der Waals surface area contributed by atoms with Gasteiger partial charge in [0.15, 0.2) is 0 Å². The fraction of sp³-hybridized carbons (Fsp3) is 0.471. The average molecular weight is 395 g/mol. The van der Waals surface area contributed by atoms with Gasteiger partial charge in [-0.3, -0.25) is 9.91 Å². The van der Waals surface area contributed by atoms with E-state index in [1.54, 1.807) is 23.4 Å². The van der Waals surface area contributed by atoms with Crippen LogP contribution in [-0.4, -0.2) is 68.6 Å². The van der Waals surface area contributed by atoms with Gasteiger partial charge in [-0.1, -0.05) is 0 Å². The van der Waals surface area contributed by atoms with Crippen molar-refractivity contribution in [1.82, 2.24) is 10.3 Å². The molecule has 146 valence electrons. The maximum atomic E-state index is 14.6. The van der Waals surface area contributed by atoms with Crippen molar-refractivity contribution in [3.63, 3.8) is 0 Å². The van der Waals surface area contributed by atoms with Crippen molar-refractivity contribution in [2.24, 2.45) is 5.10 Å². The van der Waals surface area contributed by atoms with Crippen LogP contribution in [0.15, 0.2) is 23.3 Å². The van der Waals surface area contributed by atoms with Crippen molar-refractivity contribution in [3.8, 4) is 0 Å². The van der Waals surface area contributed by atoms with Crippen LogP contribution < -0.4 is 15.1 Å². The van der Waals surface area contributed by atoms with Crippen LogP contribution in [0.1, 0.15) is 6.92 Å². The quantitative estimate of drug-likeness (QED) is 0.762. The molecule has 0 spiro atoms. The summed E-state index contributed by atoms with van der Waals surface area (Å²) >= 11 is 4.90. The van der Waals surface area contributed by atoms with E-state index in [9.17, 15) is 9.18 Å². The predicted molar refractivity (Wildman–Crippen MR) is 105 cm³/mol. The molecule has 1 saturated heterocycles. The molecule has 27 heavy (non-hydrogen) atoms. The number of thiocarbonyl (C=S) groups is 1. The van der Waals surface area contributed by atoms with Crippen LogP contribution in [0, 0.1) is 5.82 Å². The van der Waals surface area contributed by atoms with Gasteiger partial charge in [0, 0.05) is 13.1 Å². The lowest BCUT2D eigenvalue weighted by atomic mass is 10.2. The molecule has 0 saturated carbocycles. The highest BCUT2D eigenvalue weighted by Crippen LogP contribution is 2.28. The van der Waals surface area contributed by atoms with Gasteiger partial charge in [0.2, 0.25) is 0 Å². The Morgan fingerprint density at radius 1 is 1.48 bits per heavy atom. The second-order valence-electron chi connectivity index (χ2n) is 6.10. The molecule has 1 aromatic carbocycles. The zero-order valence-electron chi connectivity index (χ0n) is 15.2. The molecule has 0 aromatic heterocycles. The summed E-state index contributed by atoms with van der Waals surface area (Å²) in [6.07, 6.45) is 0.702. The molecule has 0 radical (unpaired) electrons. The SMILES string of the molecule is CCN1CCN(c2ccc(N3CC(CNC(=S)OC)OC3=O)cc2F)C=N1. The van der Waals surface area contributed by atoms with Gasteiger partial charge in [0.25, 0.3) is 5.17 Å². The molecule has 1 unspecified atom stereocenters. The molecule has 8 nitrogen and oxygen atoms in total. The van der Waals surface area contributed by atoms with Crippen LogP contribution in [0.2, 0.25) is 0 Å². The summed E-state index contributed by atoms with van der Waals surface area (Å²) in [6, 6.07) is 4.69. The number of ether oxygens (including phenoxy) is 2. The Kier molecular flexibility index (Phi) is 5.94. The van der Waals surface area contributed by atoms with Crippen molar-refractivity contribution in [3.05, 3.63) is 24.0 Å². The molecule has 1 fully saturated rings. The third-order valence-corrected chi connectivity index (χ3v) is 4.72. The number of nitrogens with one attached hydrogen (secondary N) is 1. The van der Waals surface area contributed by atoms with Crippen molar-refractivity contribution in [2.75, 3.05) is 49.6 Å². The molecule has 0 aliphatic carbocycles. The van der Waals surface area contributed by atoms with Crippen LogP contribution in [0.4, 0.5) is 20.6 Å². The lowest BCUT2D eigenvalue weighted by Gasteiger charge is -2.29. The summed E-state index contributed by atoms with van der Waals surface area (Å²) in [7, 11) is 1.46. The summed E-state index contributed by atoms with van der Waals surface area (Å²) < 4.78 is 24.8. The molecule has 2 aliphatic heterocycles. The number of benzene rings is 1. The van der Waals surface area contributed by atoms with E-state index in [1.807, 2.05) is 11.9 Å². The summed E-state index contributed by atoms with van der Waals surface area (Å²) in [5.74, 6) is -0.418. The van der Waals surface area contributed by atoms with Crippen LogP contribution in [0.5, 0.6) is 0 Å². The molecule has 1 N–H and O–H groups in total. The molecular formula is C17H22FN5O3S. The summed E-state index contributed by atoms with van der Waals surface area (Å²) in [5.41, 5.74) is 0.872. The van der Waals surface area contributed by atoms with Gasteiger partial charge in [-0.25, -0.2) is 9.18 Å². The number of methoxy groups -OCH3 is 1. The van der Waals surface area contributed by atoms with Crippen LogP contribution in [-0.2, 0) is 9.47 Å². The maximum absolute atomic E-state index is 14.6. The number of cyclic esters (lactones) is 1.